The van der Waals surface area contributed by atoms with E-state index in [-0.39, 0.29) is 5.03 Å². The Kier molecular flexibility index (Phi) is 4.95. The number of hydrogen-bond donors (Lipinski definition) is 2. The van der Waals surface area contributed by atoms with Crippen LogP contribution in [0.25, 0.3) is 0 Å². The van der Waals surface area contributed by atoms with Crippen molar-refractivity contribution in [2.24, 2.45) is 5.92 Å². The molecule has 2 heterocycles. The van der Waals surface area contributed by atoms with E-state index in [1.54, 1.807) is 4.31 Å². The number of imidazole rings is 1. The molecule has 2 N–H and O–H groups in total. The Bertz CT molecular complexity index is 472. The highest BCUT2D eigenvalue weighted by Crippen LogP contribution is 2.22. The SMILES string of the molecule is CCCNCC1CCCN(S(=O)(=O)c2cnc[nH]2)C1. The van der Waals surface area contributed by atoms with Crippen molar-refractivity contribution in [1.29, 1.82) is 0 Å². The summed E-state index contributed by atoms with van der Waals surface area (Å²) in [7, 11) is -3.39. The van der Waals surface area contributed by atoms with Crippen molar-refractivity contribution < 1.29 is 8.42 Å². The maximum absolute atomic E-state index is 12.4. The first kappa shape index (κ1) is 14.5. The molecule has 1 aliphatic rings. The summed E-state index contributed by atoms with van der Waals surface area (Å²) in [6.45, 7) is 5.21. The Morgan fingerprint density at radius 2 is 2.42 bits per heavy atom. The molecule has 0 amide bonds. The van der Waals surface area contributed by atoms with E-state index < -0.39 is 10.0 Å². The average molecular weight is 286 g/mol. The summed E-state index contributed by atoms with van der Waals surface area (Å²) < 4.78 is 26.3. The van der Waals surface area contributed by atoms with Crippen molar-refractivity contribution in [3.63, 3.8) is 0 Å². The molecule has 0 aliphatic carbocycles. The van der Waals surface area contributed by atoms with Gasteiger partial charge in [0.1, 0.15) is 0 Å². The zero-order valence-corrected chi connectivity index (χ0v) is 12.1. The van der Waals surface area contributed by atoms with Gasteiger partial charge in [0.05, 0.1) is 12.5 Å². The van der Waals surface area contributed by atoms with E-state index in [2.05, 4.69) is 22.2 Å². The van der Waals surface area contributed by atoms with Gasteiger partial charge in [0.25, 0.3) is 10.0 Å². The second kappa shape index (κ2) is 6.49. The molecule has 2 rings (SSSR count). The second-order valence-corrected chi connectivity index (χ2v) is 6.90. The summed E-state index contributed by atoms with van der Waals surface area (Å²) >= 11 is 0. The molecule has 0 radical (unpaired) electrons. The van der Waals surface area contributed by atoms with Crippen molar-refractivity contribution in [2.45, 2.75) is 31.2 Å². The lowest BCUT2D eigenvalue weighted by molar-refractivity contribution is 0.260. The lowest BCUT2D eigenvalue weighted by Gasteiger charge is -2.31. The van der Waals surface area contributed by atoms with Crippen molar-refractivity contribution in [3.8, 4) is 0 Å². The molecule has 0 aromatic carbocycles. The number of hydrogen-bond acceptors (Lipinski definition) is 4. The zero-order valence-electron chi connectivity index (χ0n) is 11.3. The van der Waals surface area contributed by atoms with Gasteiger partial charge in [-0.15, -0.1) is 0 Å². The van der Waals surface area contributed by atoms with Gasteiger partial charge >= 0.3 is 0 Å². The molecular weight excluding hydrogens is 264 g/mol. The normalized spacial score (nSPS) is 21.6. The second-order valence-electron chi connectivity index (χ2n) is 4.99. The smallest absolute Gasteiger partial charge is 0.260 e. The van der Waals surface area contributed by atoms with Crippen LogP contribution in [-0.4, -0.2) is 48.9 Å². The van der Waals surface area contributed by atoms with Gasteiger partial charge < -0.3 is 10.3 Å². The van der Waals surface area contributed by atoms with E-state index >= 15 is 0 Å². The Labute approximate surface area is 114 Å². The third-order valence-corrected chi connectivity index (χ3v) is 5.22. The number of aromatic amines is 1. The molecular formula is C12H22N4O2S. The minimum absolute atomic E-state index is 0.190. The fourth-order valence-corrected chi connectivity index (χ4v) is 3.87. The number of H-pyrrole nitrogens is 1. The molecule has 1 unspecified atom stereocenters. The average Bonchev–Trinajstić information content (AvgIpc) is 2.94. The fraction of sp³-hybridized carbons (Fsp3) is 0.750. The van der Waals surface area contributed by atoms with Gasteiger partial charge in [-0.05, 0) is 38.3 Å². The molecule has 7 heteroatoms. The first-order valence-corrected chi connectivity index (χ1v) is 8.28. The first-order chi connectivity index (χ1) is 9.14. The van der Waals surface area contributed by atoms with Crippen LogP contribution in [0.4, 0.5) is 0 Å². The minimum atomic E-state index is -3.39. The zero-order chi connectivity index (χ0) is 13.7. The monoisotopic (exact) mass is 286 g/mol. The first-order valence-electron chi connectivity index (χ1n) is 6.84. The van der Waals surface area contributed by atoms with Crippen molar-refractivity contribution in [3.05, 3.63) is 12.5 Å². The van der Waals surface area contributed by atoms with Crippen molar-refractivity contribution in [1.82, 2.24) is 19.6 Å². The molecule has 1 aliphatic heterocycles. The number of sulfonamides is 1. The van der Waals surface area contributed by atoms with Crippen LogP contribution >= 0.6 is 0 Å². The Morgan fingerprint density at radius 1 is 1.58 bits per heavy atom. The summed E-state index contributed by atoms with van der Waals surface area (Å²) in [5.41, 5.74) is 0. The maximum Gasteiger partial charge on any atom is 0.260 e. The Morgan fingerprint density at radius 3 is 3.11 bits per heavy atom. The Balaban J connectivity index is 1.97. The number of piperidine rings is 1. The molecule has 1 aromatic rings. The highest BCUT2D eigenvalue weighted by Gasteiger charge is 2.30. The molecule has 1 atom stereocenters. The predicted molar refractivity (Wildman–Crippen MR) is 73.2 cm³/mol. The lowest BCUT2D eigenvalue weighted by Crippen LogP contribution is -2.43. The van der Waals surface area contributed by atoms with Crippen LogP contribution in [0.1, 0.15) is 26.2 Å². The number of nitrogens with one attached hydrogen (secondary N) is 2. The minimum Gasteiger partial charge on any atom is -0.335 e. The molecule has 1 aromatic heterocycles. The topological polar surface area (TPSA) is 78.1 Å². The van der Waals surface area contributed by atoms with Crippen LogP contribution in [0.15, 0.2) is 17.6 Å². The van der Waals surface area contributed by atoms with E-state index in [9.17, 15) is 8.42 Å². The predicted octanol–water partition coefficient (Wildman–Crippen LogP) is 0.810. The number of nitrogens with zero attached hydrogens (tertiary/aromatic N) is 2. The summed E-state index contributed by atoms with van der Waals surface area (Å²) in [4.78, 5) is 6.47. The van der Waals surface area contributed by atoms with Gasteiger partial charge in [-0.2, -0.15) is 4.31 Å². The van der Waals surface area contributed by atoms with Crippen LogP contribution in [0.2, 0.25) is 0 Å². The van der Waals surface area contributed by atoms with Crippen LogP contribution in [-0.2, 0) is 10.0 Å². The molecule has 0 bridgehead atoms. The van der Waals surface area contributed by atoms with E-state index in [1.165, 1.54) is 12.5 Å². The number of rotatable bonds is 6. The molecule has 1 fully saturated rings. The summed E-state index contributed by atoms with van der Waals surface area (Å²) in [5, 5.41) is 3.56. The van der Waals surface area contributed by atoms with Gasteiger partial charge in [0.15, 0.2) is 5.03 Å². The summed E-state index contributed by atoms with van der Waals surface area (Å²) in [6, 6.07) is 0. The van der Waals surface area contributed by atoms with Crippen LogP contribution < -0.4 is 5.32 Å². The molecule has 0 saturated carbocycles. The van der Waals surface area contributed by atoms with E-state index in [1.807, 2.05) is 0 Å². The largest absolute Gasteiger partial charge is 0.335 e. The highest BCUT2D eigenvalue weighted by atomic mass is 32.2. The summed E-state index contributed by atoms with van der Waals surface area (Å²) in [5.74, 6) is 0.401. The summed E-state index contributed by atoms with van der Waals surface area (Å²) in [6.07, 6.45) is 5.88. The van der Waals surface area contributed by atoms with Gasteiger partial charge in [-0.3, -0.25) is 0 Å². The third-order valence-electron chi connectivity index (χ3n) is 3.43. The molecule has 108 valence electrons. The quantitative estimate of drug-likeness (QED) is 0.759. The van der Waals surface area contributed by atoms with Crippen LogP contribution in [0.3, 0.4) is 0 Å². The molecule has 19 heavy (non-hydrogen) atoms. The molecule has 6 nitrogen and oxygen atoms in total. The van der Waals surface area contributed by atoms with E-state index in [0.717, 1.165) is 32.4 Å². The standard InChI is InChI=1S/C12H22N4O2S/c1-2-5-13-7-11-4-3-6-16(9-11)19(17,18)12-8-14-10-15-12/h8,10-11,13H,2-7,9H2,1H3,(H,14,15). The van der Waals surface area contributed by atoms with Gasteiger partial charge in [0.2, 0.25) is 0 Å². The third kappa shape index (κ3) is 3.55. The van der Waals surface area contributed by atoms with E-state index in [4.69, 9.17) is 0 Å². The fourth-order valence-electron chi connectivity index (χ4n) is 2.42. The van der Waals surface area contributed by atoms with Crippen LogP contribution in [0, 0.1) is 5.92 Å². The Hall–Kier alpha value is -0.920. The molecule has 1 saturated heterocycles. The van der Waals surface area contributed by atoms with Gasteiger partial charge in [0, 0.05) is 13.1 Å². The highest BCUT2D eigenvalue weighted by molar-refractivity contribution is 7.89. The van der Waals surface area contributed by atoms with Gasteiger partial charge in [-0.1, -0.05) is 6.92 Å². The number of aromatic nitrogens is 2. The van der Waals surface area contributed by atoms with Crippen molar-refractivity contribution in [2.75, 3.05) is 26.2 Å². The maximum atomic E-state index is 12.4. The van der Waals surface area contributed by atoms with Crippen LogP contribution in [0.5, 0.6) is 0 Å². The van der Waals surface area contributed by atoms with Crippen molar-refractivity contribution >= 4 is 10.0 Å². The van der Waals surface area contributed by atoms with E-state index in [0.29, 0.717) is 19.0 Å². The molecule has 0 spiro atoms. The van der Waals surface area contributed by atoms with Gasteiger partial charge in [-0.25, -0.2) is 13.4 Å². The lowest BCUT2D eigenvalue weighted by atomic mass is 10.00.